The van der Waals surface area contributed by atoms with Gasteiger partial charge in [0, 0.05) is 24.5 Å². The summed E-state index contributed by atoms with van der Waals surface area (Å²) in [5.74, 6) is -0.208. The molecule has 3 rings (SSSR count). The molecule has 0 fully saturated rings. The number of rotatable bonds is 3. The predicted octanol–water partition coefficient (Wildman–Crippen LogP) is 2.11. The zero-order valence-corrected chi connectivity index (χ0v) is 13.4. The van der Waals surface area contributed by atoms with Crippen LogP contribution in [0.1, 0.15) is 17.0 Å². The summed E-state index contributed by atoms with van der Waals surface area (Å²) >= 11 is 5.92. The van der Waals surface area contributed by atoms with Gasteiger partial charge in [-0.25, -0.2) is 4.98 Å². The van der Waals surface area contributed by atoms with E-state index in [0.717, 1.165) is 23.0 Å². The molecule has 5 nitrogen and oxygen atoms in total. The van der Waals surface area contributed by atoms with Crippen molar-refractivity contribution in [1.82, 2.24) is 14.5 Å². The number of fused-ring (bicyclic) bond motifs is 1. The average molecular weight is 320 g/mol. The van der Waals surface area contributed by atoms with Gasteiger partial charge in [0.25, 0.3) is 0 Å². The smallest absolute Gasteiger partial charge is 0.323 e. The highest BCUT2D eigenvalue weighted by molar-refractivity contribution is 6.30. The number of esters is 1. The third kappa shape index (κ3) is 2.87. The maximum Gasteiger partial charge on any atom is 0.323 e. The summed E-state index contributed by atoms with van der Waals surface area (Å²) in [5, 5.41) is 0.733. The zero-order valence-electron chi connectivity index (χ0n) is 12.6. The third-order valence-corrected chi connectivity index (χ3v) is 4.34. The fourth-order valence-electron chi connectivity index (χ4n) is 2.81. The standard InChI is InChI=1S/C16H18ClN3O2/c1-19-9-15-13(7-14(19)16(21)22-2)18-10-20(15)8-11-3-5-12(17)6-4-11/h3-6,10,14H,7-9H2,1-2H3/t14-/m0/s1. The lowest BCUT2D eigenvalue weighted by molar-refractivity contribution is -0.147. The van der Waals surface area contributed by atoms with Crippen LogP contribution in [0.4, 0.5) is 0 Å². The van der Waals surface area contributed by atoms with Gasteiger partial charge in [0.1, 0.15) is 6.04 Å². The fraction of sp³-hybridized carbons (Fsp3) is 0.375. The van der Waals surface area contributed by atoms with Crippen molar-refractivity contribution in [2.24, 2.45) is 0 Å². The molecule has 0 aliphatic carbocycles. The molecule has 0 radical (unpaired) electrons. The number of imidazole rings is 1. The molecule has 116 valence electrons. The molecule has 0 saturated heterocycles. The predicted molar refractivity (Wildman–Crippen MR) is 83.8 cm³/mol. The van der Waals surface area contributed by atoms with Crippen molar-refractivity contribution in [3.63, 3.8) is 0 Å². The molecule has 1 atom stereocenters. The number of carbonyl (C=O) groups is 1. The number of aromatic nitrogens is 2. The Hall–Kier alpha value is -1.85. The lowest BCUT2D eigenvalue weighted by Crippen LogP contribution is -2.44. The number of hydrogen-bond donors (Lipinski definition) is 0. The van der Waals surface area contributed by atoms with E-state index >= 15 is 0 Å². The minimum absolute atomic E-state index is 0.208. The number of ether oxygens (including phenoxy) is 1. The van der Waals surface area contributed by atoms with Crippen LogP contribution in [0, 0.1) is 0 Å². The van der Waals surface area contributed by atoms with E-state index in [0.29, 0.717) is 13.0 Å². The Labute approximate surface area is 134 Å². The first-order valence-corrected chi connectivity index (χ1v) is 7.51. The zero-order chi connectivity index (χ0) is 15.7. The monoisotopic (exact) mass is 319 g/mol. The summed E-state index contributed by atoms with van der Waals surface area (Å²) in [6.07, 6.45) is 2.43. The first kappa shape index (κ1) is 15.1. The molecule has 0 amide bonds. The quantitative estimate of drug-likeness (QED) is 0.813. The van der Waals surface area contributed by atoms with Crippen molar-refractivity contribution >= 4 is 17.6 Å². The molecule has 0 bridgehead atoms. The number of carbonyl (C=O) groups excluding carboxylic acids is 1. The van der Waals surface area contributed by atoms with Crippen LogP contribution in [-0.4, -0.2) is 40.6 Å². The molecule has 2 aromatic rings. The van der Waals surface area contributed by atoms with Gasteiger partial charge < -0.3 is 9.30 Å². The second-order valence-corrected chi connectivity index (χ2v) is 5.99. The largest absolute Gasteiger partial charge is 0.468 e. The topological polar surface area (TPSA) is 47.4 Å². The van der Waals surface area contributed by atoms with Gasteiger partial charge in [0.2, 0.25) is 0 Å². The van der Waals surface area contributed by atoms with Crippen molar-refractivity contribution in [3.8, 4) is 0 Å². The Morgan fingerprint density at radius 2 is 2.14 bits per heavy atom. The van der Waals surface area contributed by atoms with Crippen molar-refractivity contribution in [2.75, 3.05) is 14.2 Å². The minimum Gasteiger partial charge on any atom is -0.468 e. The van der Waals surface area contributed by atoms with Gasteiger partial charge in [-0.05, 0) is 24.7 Å². The van der Waals surface area contributed by atoms with Crippen molar-refractivity contribution in [3.05, 3.63) is 52.6 Å². The van der Waals surface area contributed by atoms with E-state index in [-0.39, 0.29) is 12.0 Å². The Bertz CT molecular complexity index is 681. The first-order valence-electron chi connectivity index (χ1n) is 7.14. The lowest BCUT2D eigenvalue weighted by atomic mass is 10.0. The van der Waals surface area contributed by atoms with Crippen molar-refractivity contribution < 1.29 is 9.53 Å². The number of benzene rings is 1. The van der Waals surface area contributed by atoms with Gasteiger partial charge in [-0.1, -0.05) is 23.7 Å². The molecular weight excluding hydrogens is 302 g/mol. The molecule has 2 heterocycles. The summed E-state index contributed by atoms with van der Waals surface area (Å²) in [4.78, 5) is 18.3. The highest BCUT2D eigenvalue weighted by atomic mass is 35.5. The van der Waals surface area contributed by atoms with Gasteiger partial charge in [-0.2, -0.15) is 0 Å². The highest BCUT2D eigenvalue weighted by Gasteiger charge is 2.32. The van der Waals surface area contributed by atoms with E-state index in [9.17, 15) is 4.79 Å². The normalized spacial score (nSPS) is 18.0. The maximum atomic E-state index is 11.8. The number of methoxy groups -OCH3 is 1. The fourth-order valence-corrected chi connectivity index (χ4v) is 2.94. The minimum atomic E-state index is -0.253. The molecule has 1 aliphatic rings. The molecule has 1 aliphatic heterocycles. The summed E-state index contributed by atoms with van der Waals surface area (Å²) in [6, 6.07) is 7.55. The lowest BCUT2D eigenvalue weighted by Gasteiger charge is -2.30. The van der Waals surface area contributed by atoms with Gasteiger partial charge in [-0.3, -0.25) is 9.69 Å². The molecule has 1 aromatic heterocycles. The summed E-state index contributed by atoms with van der Waals surface area (Å²) in [5.41, 5.74) is 3.29. The molecule has 0 spiro atoms. The van der Waals surface area contributed by atoms with Gasteiger partial charge in [0.15, 0.2) is 0 Å². The van der Waals surface area contributed by atoms with Gasteiger partial charge in [0.05, 0.1) is 24.8 Å². The molecule has 6 heteroatoms. The Balaban J connectivity index is 1.82. The van der Waals surface area contributed by atoms with Crippen molar-refractivity contribution in [2.45, 2.75) is 25.6 Å². The number of hydrogen-bond acceptors (Lipinski definition) is 4. The summed E-state index contributed by atoms with van der Waals surface area (Å²) < 4.78 is 6.99. The second-order valence-electron chi connectivity index (χ2n) is 5.55. The average Bonchev–Trinajstić information content (AvgIpc) is 2.90. The van der Waals surface area contributed by atoms with E-state index in [1.165, 1.54) is 12.7 Å². The third-order valence-electron chi connectivity index (χ3n) is 4.09. The van der Waals surface area contributed by atoms with Crippen LogP contribution < -0.4 is 0 Å². The molecule has 0 unspecified atom stereocenters. The second kappa shape index (κ2) is 6.10. The molecule has 0 saturated carbocycles. The number of halogens is 1. The molecule has 22 heavy (non-hydrogen) atoms. The highest BCUT2D eigenvalue weighted by Crippen LogP contribution is 2.23. The van der Waals surface area contributed by atoms with E-state index in [4.69, 9.17) is 16.3 Å². The summed E-state index contributed by atoms with van der Waals surface area (Å²) in [6.45, 7) is 1.43. The van der Waals surface area contributed by atoms with Gasteiger partial charge >= 0.3 is 5.97 Å². The Morgan fingerprint density at radius 3 is 2.82 bits per heavy atom. The van der Waals surface area contributed by atoms with E-state index < -0.39 is 0 Å². The van der Waals surface area contributed by atoms with Crippen LogP contribution >= 0.6 is 11.6 Å². The Morgan fingerprint density at radius 1 is 1.41 bits per heavy atom. The van der Waals surface area contributed by atoms with E-state index in [1.807, 2.05) is 42.5 Å². The van der Waals surface area contributed by atoms with Crippen molar-refractivity contribution in [1.29, 1.82) is 0 Å². The summed E-state index contributed by atoms with van der Waals surface area (Å²) in [7, 11) is 3.36. The molecule has 1 aromatic carbocycles. The molecular formula is C16H18ClN3O2. The van der Waals surface area contributed by atoms with Crippen LogP contribution in [0.15, 0.2) is 30.6 Å². The first-order chi connectivity index (χ1) is 10.6. The maximum absolute atomic E-state index is 11.8. The molecule has 0 N–H and O–H groups in total. The van der Waals surface area contributed by atoms with Gasteiger partial charge in [-0.15, -0.1) is 0 Å². The number of likely N-dealkylation sites (N-methyl/N-ethyl adjacent to an activating group) is 1. The van der Waals surface area contributed by atoms with Crippen LogP contribution in [0.25, 0.3) is 0 Å². The van der Waals surface area contributed by atoms with Crippen LogP contribution in [0.2, 0.25) is 5.02 Å². The van der Waals surface area contributed by atoms with Crippen LogP contribution in [0.3, 0.4) is 0 Å². The number of nitrogens with zero attached hydrogens (tertiary/aromatic N) is 3. The van der Waals surface area contributed by atoms with Crippen LogP contribution in [0.5, 0.6) is 0 Å². The van der Waals surface area contributed by atoms with E-state index in [1.54, 1.807) is 0 Å². The SMILES string of the molecule is COC(=O)[C@@H]1Cc2ncn(Cc3ccc(Cl)cc3)c2CN1C. The Kier molecular flexibility index (Phi) is 4.18. The van der Waals surface area contributed by atoms with Crippen LogP contribution in [-0.2, 0) is 29.0 Å². The van der Waals surface area contributed by atoms with E-state index in [2.05, 4.69) is 9.55 Å².